The van der Waals surface area contributed by atoms with Crippen LogP contribution >= 0.6 is 0 Å². The molecule has 0 radical (unpaired) electrons. The van der Waals surface area contributed by atoms with E-state index in [0.717, 1.165) is 11.4 Å². The molecule has 2 rings (SSSR count). The first-order valence-electron chi connectivity index (χ1n) is 4.62. The van der Waals surface area contributed by atoms with Crippen LogP contribution < -0.4 is 9.80 Å². The van der Waals surface area contributed by atoms with Gasteiger partial charge in [-0.25, -0.2) is 4.79 Å². The van der Waals surface area contributed by atoms with Crippen LogP contribution in [0, 0.1) is 0 Å². The quantitative estimate of drug-likeness (QED) is 0.704. The second kappa shape index (κ2) is 3.31. The number of carboxylic acid groups (broad SMARTS) is 1. The minimum atomic E-state index is -0.934. The van der Waals surface area contributed by atoms with Crippen LogP contribution in [0.1, 0.15) is 0 Å². The lowest BCUT2D eigenvalue weighted by atomic mass is 10.3. The molecular weight excluding hydrogens is 192 g/mol. The van der Waals surface area contributed by atoms with Crippen LogP contribution in [0.3, 0.4) is 0 Å². The number of fused-ring (bicyclic) bond motifs is 1. The van der Waals surface area contributed by atoms with E-state index in [2.05, 4.69) is 0 Å². The molecule has 0 spiro atoms. The van der Waals surface area contributed by atoms with Gasteiger partial charge in [0, 0.05) is 14.1 Å². The molecule has 0 bridgehead atoms. The maximum atomic E-state index is 10.7. The number of aliphatic carboxylic acids is 1. The molecule has 0 atom stereocenters. The summed E-state index contributed by atoms with van der Waals surface area (Å²) in [6.07, 6.45) is 1.21. The van der Waals surface area contributed by atoms with Crippen molar-refractivity contribution in [2.24, 2.45) is 0 Å². The predicted molar refractivity (Wildman–Crippen MR) is 59.0 cm³/mol. The molecule has 0 saturated carbocycles. The Morgan fingerprint density at radius 1 is 1.20 bits per heavy atom. The van der Waals surface area contributed by atoms with E-state index in [1.54, 1.807) is 0 Å². The molecular formula is C11H12N2O2. The largest absolute Gasteiger partial charge is 0.478 e. The summed E-state index contributed by atoms with van der Waals surface area (Å²) in [6, 6.07) is 7.81. The van der Waals surface area contributed by atoms with Gasteiger partial charge in [-0.1, -0.05) is 12.1 Å². The monoisotopic (exact) mass is 204 g/mol. The Morgan fingerprint density at radius 2 is 1.67 bits per heavy atom. The van der Waals surface area contributed by atoms with E-state index in [1.165, 1.54) is 6.08 Å². The highest BCUT2D eigenvalue weighted by molar-refractivity contribution is 5.88. The summed E-state index contributed by atoms with van der Waals surface area (Å²) in [4.78, 5) is 14.4. The second-order valence-corrected chi connectivity index (χ2v) is 3.45. The van der Waals surface area contributed by atoms with Crippen molar-refractivity contribution in [3.05, 3.63) is 36.2 Å². The van der Waals surface area contributed by atoms with Crippen LogP contribution in [0.5, 0.6) is 0 Å². The van der Waals surface area contributed by atoms with Gasteiger partial charge in [0.1, 0.15) is 5.82 Å². The fraction of sp³-hybridized carbons (Fsp3) is 0.182. The van der Waals surface area contributed by atoms with Gasteiger partial charge in [-0.2, -0.15) is 0 Å². The Hall–Kier alpha value is -1.97. The first-order valence-corrected chi connectivity index (χ1v) is 4.62. The SMILES string of the molecule is CN1C(=CC(=O)O)N(C)c2ccccc21. The summed E-state index contributed by atoms with van der Waals surface area (Å²) in [5.74, 6) is -0.264. The lowest BCUT2D eigenvalue weighted by Crippen LogP contribution is -2.22. The van der Waals surface area contributed by atoms with E-state index < -0.39 is 5.97 Å². The summed E-state index contributed by atoms with van der Waals surface area (Å²) in [5, 5.41) is 8.76. The highest BCUT2D eigenvalue weighted by Crippen LogP contribution is 2.38. The lowest BCUT2D eigenvalue weighted by molar-refractivity contribution is -0.131. The number of benzene rings is 1. The molecule has 4 nitrogen and oxygen atoms in total. The van der Waals surface area contributed by atoms with Crippen molar-refractivity contribution in [1.82, 2.24) is 0 Å². The second-order valence-electron chi connectivity index (χ2n) is 3.45. The molecule has 1 aromatic rings. The molecule has 1 aliphatic heterocycles. The molecule has 4 heteroatoms. The number of rotatable bonds is 1. The van der Waals surface area contributed by atoms with Gasteiger partial charge in [0.05, 0.1) is 17.5 Å². The zero-order valence-corrected chi connectivity index (χ0v) is 8.64. The van der Waals surface area contributed by atoms with Crippen LogP contribution in [0.4, 0.5) is 11.4 Å². The molecule has 1 heterocycles. The molecule has 1 N–H and O–H groups in total. The van der Waals surface area contributed by atoms with E-state index >= 15 is 0 Å². The summed E-state index contributed by atoms with van der Waals surface area (Å²) >= 11 is 0. The topological polar surface area (TPSA) is 43.8 Å². The zero-order chi connectivity index (χ0) is 11.0. The average Bonchev–Trinajstić information content (AvgIpc) is 2.44. The third-order valence-corrected chi connectivity index (χ3v) is 2.54. The van der Waals surface area contributed by atoms with Gasteiger partial charge < -0.3 is 14.9 Å². The number of nitrogens with zero attached hydrogens (tertiary/aromatic N) is 2. The van der Waals surface area contributed by atoms with E-state index in [4.69, 9.17) is 5.11 Å². The van der Waals surface area contributed by atoms with Crippen LogP contribution in [0.15, 0.2) is 36.2 Å². The Bertz CT molecular complexity index is 409. The third kappa shape index (κ3) is 1.44. The van der Waals surface area contributed by atoms with E-state index in [1.807, 2.05) is 48.2 Å². The number of para-hydroxylation sites is 2. The van der Waals surface area contributed by atoms with Gasteiger partial charge in [-0.15, -0.1) is 0 Å². The lowest BCUT2D eigenvalue weighted by Gasteiger charge is -2.17. The van der Waals surface area contributed by atoms with Gasteiger partial charge in [-0.3, -0.25) is 0 Å². The smallest absolute Gasteiger partial charge is 0.331 e. The third-order valence-electron chi connectivity index (χ3n) is 2.54. The van der Waals surface area contributed by atoms with Crippen molar-refractivity contribution in [2.45, 2.75) is 0 Å². The Labute approximate surface area is 88.0 Å². The molecule has 0 amide bonds. The van der Waals surface area contributed by atoms with Crippen molar-refractivity contribution in [3.8, 4) is 0 Å². The van der Waals surface area contributed by atoms with Gasteiger partial charge in [0.15, 0.2) is 0 Å². The first-order chi connectivity index (χ1) is 7.11. The van der Waals surface area contributed by atoms with Crippen LogP contribution in [0.25, 0.3) is 0 Å². The van der Waals surface area contributed by atoms with Crippen LogP contribution in [0.2, 0.25) is 0 Å². The number of carboxylic acids is 1. The fourth-order valence-corrected chi connectivity index (χ4v) is 1.81. The summed E-state index contributed by atoms with van der Waals surface area (Å²) in [7, 11) is 3.72. The van der Waals surface area contributed by atoms with Gasteiger partial charge in [-0.05, 0) is 12.1 Å². The number of hydrogen-bond acceptors (Lipinski definition) is 3. The molecule has 78 valence electrons. The molecule has 0 fully saturated rings. The Morgan fingerprint density at radius 3 is 2.07 bits per heavy atom. The number of hydrogen-bond donors (Lipinski definition) is 1. The standard InChI is InChI=1S/C11H12N2O2/c1-12-8-5-3-4-6-9(8)13(2)10(12)7-11(14)15/h3-7H,1-2H3,(H,14,15). The Kier molecular flexibility index (Phi) is 2.11. The maximum Gasteiger partial charge on any atom is 0.331 e. The molecule has 0 saturated heterocycles. The number of anilines is 2. The predicted octanol–water partition coefficient (Wildman–Crippen LogP) is 1.50. The molecule has 1 aliphatic rings. The molecule has 0 aromatic heterocycles. The van der Waals surface area contributed by atoms with Crippen molar-refractivity contribution in [2.75, 3.05) is 23.9 Å². The molecule has 15 heavy (non-hydrogen) atoms. The fourth-order valence-electron chi connectivity index (χ4n) is 1.81. The van der Waals surface area contributed by atoms with Crippen molar-refractivity contribution < 1.29 is 9.90 Å². The van der Waals surface area contributed by atoms with Crippen molar-refractivity contribution in [3.63, 3.8) is 0 Å². The van der Waals surface area contributed by atoms with E-state index in [0.29, 0.717) is 5.82 Å². The van der Waals surface area contributed by atoms with E-state index in [9.17, 15) is 4.79 Å². The molecule has 0 aliphatic carbocycles. The zero-order valence-electron chi connectivity index (χ0n) is 8.64. The van der Waals surface area contributed by atoms with Gasteiger partial charge >= 0.3 is 5.97 Å². The summed E-state index contributed by atoms with van der Waals surface area (Å²) in [6.45, 7) is 0. The minimum absolute atomic E-state index is 0.670. The number of carbonyl (C=O) groups is 1. The first kappa shape index (κ1) is 9.58. The molecule has 0 unspecified atom stereocenters. The summed E-state index contributed by atoms with van der Waals surface area (Å²) in [5.41, 5.74) is 2.04. The van der Waals surface area contributed by atoms with Crippen molar-refractivity contribution >= 4 is 17.3 Å². The normalized spacial score (nSPS) is 14.1. The highest BCUT2D eigenvalue weighted by atomic mass is 16.4. The van der Waals surface area contributed by atoms with Crippen LogP contribution in [-0.2, 0) is 4.79 Å². The highest BCUT2D eigenvalue weighted by Gasteiger charge is 2.25. The minimum Gasteiger partial charge on any atom is -0.478 e. The van der Waals surface area contributed by atoms with Gasteiger partial charge in [0.25, 0.3) is 0 Å². The van der Waals surface area contributed by atoms with E-state index in [-0.39, 0.29) is 0 Å². The maximum absolute atomic E-state index is 10.7. The molecule has 1 aromatic carbocycles. The van der Waals surface area contributed by atoms with Gasteiger partial charge in [0.2, 0.25) is 0 Å². The van der Waals surface area contributed by atoms with Crippen molar-refractivity contribution in [1.29, 1.82) is 0 Å². The average molecular weight is 204 g/mol. The summed E-state index contributed by atoms with van der Waals surface area (Å²) < 4.78 is 0. The van der Waals surface area contributed by atoms with Crippen LogP contribution in [-0.4, -0.2) is 25.2 Å². The Balaban J connectivity index is 2.49.